The molecule has 1 atom stereocenters. The van der Waals surface area contributed by atoms with E-state index in [1.807, 2.05) is 0 Å². The smallest absolute Gasteiger partial charge is 0.0464 e. The van der Waals surface area contributed by atoms with Crippen molar-refractivity contribution in [3.8, 4) is 0 Å². The summed E-state index contributed by atoms with van der Waals surface area (Å²) >= 11 is 0. The second-order valence-electron chi connectivity index (χ2n) is 3.63. The Morgan fingerprint density at radius 1 is 1.33 bits per heavy atom. The molecule has 1 nitrogen and oxygen atoms in total. The number of aliphatic hydroxyl groups excluding tert-OH is 1. The van der Waals surface area contributed by atoms with E-state index in [0.29, 0.717) is 17.9 Å². The van der Waals surface area contributed by atoms with Crippen LogP contribution in [-0.4, -0.2) is 11.7 Å². The Kier molecular flexibility index (Phi) is 1.10. The SMILES string of the molecule is OCC1CCC12CCC2. The summed E-state index contributed by atoms with van der Waals surface area (Å²) in [6.07, 6.45) is 6.90. The highest BCUT2D eigenvalue weighted by Gasteiger charge is 2.49. The van der Waals surface area contributed by atoms with Crippen LogP contribution in [0.25, 0.3) is 0 Å². The first-order chi connectivity index (χ1) is 4.37. The molecule has 0 aromatic carbocycles. The maximum Gasteiger partial charge on any atom is 0.0464 e. The Bertz CT molecular complexity index is 108. The molecule has 0 heterocycles. The maximum atomic E-state index is 8.89. The molecular weight excluding hydrogens is 112 g/mol. The van der Waals surface area contributed by atoms with Crippen LogP contribution in [0.4, 0.5) is 0 Å². The molecule has 2 aliphatic carbocycles. The van der Waals surface area contributed by atoms with Gasteiger partial charge < -0.3 is 5.11 Å². The minimum absolute atomic E-state index is 0.444. The van der Waals surface area contributed by atoms with Gasteiger partial charge in [0.05, 0.1) is 0 Å². The zero-order valence-corrected chi connectivity index (χ0v) is 5.77. The monoisotopic (exact) mass is 126 g/mol. The molecule has 1 heteroatoms. The number of hydrogen-bond donors (Lipinski definition) is 1. The van der Waals surface area contributed by atoms with E-state index in [1.54, 1.807) is 0 Å². The van der Waals surface area contributed by atoms with Gasteiger partial charge >= 0.3 is 0 Å². The molecule has 2 saturated carbocycles. The average molecular weight is 126 g/mol. The number of hydrogen-bond acceptors (Lipinski definition) is 1. The molecule has 2 aliphatic rings. The van der Waals surface area contributed by atoms with Gasteiger partial charge in [0.1, 0.15) is 0 Å². The minimum atomic E-state index is 0.444. The van der Waals surface area contributed by atoms with Gasteiger partial charge in [0, 0.05) is 6.61 Å². The Balaban J connectivity index is 1.97. The first-order valence-corrected chi connectivity index (χ1v) is 3.98. The minimum Gasteiger partial charge on any atom is -0.396 e. The van der Waals surface area contributed by atoms with Gasteiger partial charge in [0.2, 0.25) is 0 Å². The van der Waals surface area contributed by atoms with Crippen molar-refractivity contribution in [2.45, 2.75) is 32.1 Å². The van der Waals surface area contributed by atoms with Crippen LogP contribution < -0.4 is 0 Å². The zero-order valence-electron chi connectivity index (χ0n) is 5.77. The van der Waals surface area contributed by atoms with Gasteiger partial charge in [0.15, 0.2) is 0 Å². The van der Waals surface area contributed by atoms with Crippen LogP contribution in [0.3, 0.4) is 0 Å². The third-order valence-corrected chi connectivity index (χ3v) is 3.43. The Morgan fingerprint density at radius 3 is 2.22 bits per heavy atom. The van der Waals surface area contributed by atoms with E-state index in [1.165, 1.54) is 32.1 Å². The van der Waals surface area contributed by atoms with Crippen molar-refractivity contribution in [1.29, 1.82) is 0 Å². The fourth-order valence-corrected chi connectivity index (χ4v) is 2.33. The van der Waals surface area contributed by atoms with E-state index in [4.69, 9.17) is 5.11 Å². The molecule has 2 rings (SSSR count). The molecule has 0 saturated heterocycles. The molecule has 52 valence electrons. The van der Waals surface area contributed by atoms with E-state index >= 15 is 0 Å². The Morgan fingerprint density at radius 2 is 2.11 bits per heavy atom. The van der Waals surface area contributed by atoms with E-state index in [2.05, 4.69) is 0 Å². The highest BCUT2D eigenvalue weighted by atomic mass is 16.3. The standard InChI is InChI=1S/C8H14O/c9-6-7-2-5-8(7)3-1-4-8/h7,9H,1-6H2. The third kappa shape index (κ3) is 0.586. The van der Waals surface area contributed by atoms with Crippen molar-refractivity contribution in [3.05, 3.63) is 0 Å². The van der Waals surface area contributed by atoms with Crippen LogP contribution >= 0.6 is 0 Å². The lowest BCUT2D eigenvalue weighted by Crippen LogP contribution is -2.47. The topological polar surface area (TPSA) is 20.2 Å². The molecule has 9 heavy (non-hydrogen) atoms. The summed E-state index contributed by atoms with van der Waals surface area (Å²) in [5.74, 6) is 0.686. The molecule has 1 unspecified atom stereocenters. The predicted molar refractivity (Wildman–Crippen MR) is 36.1 cm³/mol. The average Bonchev–Trinajstić information content (AvgIpc) is 1.59. The van der Waals surface area contributed by atoms with Gasteiger partial charge in [-0.2, -0.15) is 0 Å². The third-order valence-electron chi connectivity index (χ3n) is 3.43. The van der Waals surface area contributed by atoms with Crippen molar-refractivity contribution in [1.82, 2.24) is 0 Å². The normalized spacial score (nSPS) is 37.7. The van der Waals surface area contributed by atoms with Crippen LogP contribution in [0, 0.1) is 11.3 Å². The zero-order chi connectivity index (χ0) is 6.32. The largest absolute Gasteiger partial charge is 0.396 e. The van der Waals surface area contributed by atoms with Crippen LogP contribution in [0.2, 0.25) is 0 Å². The number of aliphatic hydroxyl groups is 1. The summed E-state index contributed by atoms with van der Waals surface area (Å²) in [6.45, 7) is 0.444. The first kappa shape index (κ1) is 5.72. The second-order valence-corrected chi connectivity index (χ2v) is 3.63. The summed E-state index contributed by atoms with van der Waals surface area (Å²) in [5.41, 5.74) is 0.661. The van der Waals surface area contributed by atoms with E-state index in [9.17, 15) is 0 Å². The quantitative estimate of drug-likeness (QED) is 0.565. The summed E-state index contributed by atoms with van der Waals surface area (Å²) in [4.78, 5) is 0. The van der Waals surface area contributed by atoms with Crippen LogP contribution in [0.15, 0.2) is 0 Å². The van der Waals surface area contributed by atoms with E-state index in [-0.39, 0.29) is 0 Å². The van der Waals surface area contributed by atoms with Gasteiger partial charge in [-0.25, -0.2) is 0 Å². The molecule has 0 bridgehead atoms. The van der Waals surface area contributed by atoms with Gasteiger partial charge in [-0.05, 0) is 37.0 Å². The van der Waals surface area contributed by atoms with Crippen LogP contribution in [-0.2, 0) is 0 Å². The second kappa shape index (κ2) is 1.72. The van der Waals surface area contributed by atoms with Gasteiger partial charge in [0.25, 0.3) is 0 Å². The van der Waals surface area contributed by atoms with Crippen LogP contribution in [0.5, 0.6) is 0 Å². The summed E-state index contributed by atoms with van der Waals surface area (Å²) in [5, 5.41) is 8.89. The fourth-order valence-electron chi connectivity index (χ4n) is 2.33. The van der Waals surface area contributed by atoms with Crippen LogP contribution in [0.1, 0.15) is 32.1 Å². The summed E-state index contributed by atoms with van der Waals surface area (Å²) < 4.78 is 0. The van der Waals surface area contributed by atoms with Crippen molar-refractivity contribution in [3.63, 3.8) is 0 Å². The van der Waals surface area contributed by atoms with Crippen molar-refractivity contribution < 1.29 is 5.11 Å². The Labute approximate surface area is 56.1 Å². The van der Waals surface area contributed by atoms with Gasteiger partial charge in [-0.1, -0.05) is 6.42 Å². The lowest BCUT2D eigenvalue weighted by molar-refractivity contribution is -0.0740. The summed E-state index contributed by atoms with van der Waals surface area (Å²) in [6, 6.07) is 0. The highest BCUT2D eigenvalue weighted by molar-refractivity contribution is 5.00. The number of rotatable bonds is 1. The summed E-state index contributed by atoms with van der Waals surface area (Å²) in [7, 11) is 0. The molecule has 0 aromatic rings. The fraction of sp³-hybridized carbons (Fsp3) is 1.00. The van der Waals surface area contributed by atoms with Crippen molar-refractivity contribution in [2.24, 2.45) is 11.3 Å². The van der Waals surface area contributed by atoms with E-state index in [0.717, 1.165) is 0 Å². The molecule has 0 amide bonds. The lowest BCUT2D eigenvalue weighted by Gasteiger charge is -2.55. The first-order valence-electron chi connectivity index (χ1n) is 3.98. The predicted octanol–water partition coefficient (Wildman–Crippen LogP) is 1.56. The molecular formula is C8H14O. The molecule has 0 aromatic heterocycles. The molecule has 0 radical (unpaired) electrons. The van der Waals surface area contributed by atoms with E-state index < -0.39 is 0 Å². The molecule has 0 aliphatic heterocycles. The lowest BCUT2D eigenvalue weighted by atomic mass is 9.50. The molecule has 2 fully saturated rings. The Hall–Kier alpha value is -0.0400. The van der Waals surface area contributed by atoms with Gasteiger partial charge in [-0.15, -0.1) is 0 Å². The van der Waals surface area contributed by atoms with Crippen molar-refractivity contribution >= 4 is 0 Å². The van der Waals surface area contributed by atoms with Crippen molar-refractivity contribution in [2.75, 3.05) is 6.61 Å². The molecule has 1 N–H and O–H groups in total. The molecule has 1 spiro atoms. The maximum absolute atomic E-state index is 8.89. The van der Waals surface area contributed by atoms with Gasteiger partial charge in [-0.3, -0.25) is 0 Å². The highest BCUT2D eigenvalue weighted by Crippen LogP contribution is 2.59.